The van der Waals surface area contributed by atoms with E-state index < -0.39 is 15.5 Å². The summed E-state index contributed by atoms with van der Waals surface area (Å²) in [5.41, 5.74) is -0.315. The molecule has 0 saturated carbocycles. The molecule has 46 heavy (non-hydrogen) atoms. The average Bonchev–Trinajstić information content (AvgIpc) is 3.03. The van der Waals surface area contributed by atoms with Gasteiger partial charge in [0.05, 0.1) is 19.2 Å². The lowest BCUT2D eigenvalue weighted by atomic mass is 9.83. The summed E-state index contributed by atoms with van der Waals surface area (Å²) in [6.45, 7) is -0.145. The standard InChI is InChI=1S/C33H32Cl2F3N3O4S/c1-44-17-3-4-23-18-24(31(21-5-9-25(34)10-6-21)22-7-11-26(35)12-8-22)19-28-29(20-30(45-2)40-32(23)28)39-27-13-15-41(16-14-27)46(42,43)33(36,37)38/h3-12,18-20,27,31H,13-17H2,1-2H3,(H,39,40)/b4-3+. The Morgan fingerprint density at radius 3 is 2.07 bits per heavy atom. The van der Waals surface area contributed by atoms with Crippen LogP contribution in [0.1, 0.15) is 41.0 Å². The first-order valence-electron chi connectivity index (χ1n) is 14.4. The minimum absolute atomic E-state index is 0.180. The molecule has 7 nitrogen and oxygen atoms in total. The van der Waals surface area contributed by atoms with Gasteiger partial charge in [-0.1, -0.05) is 59.6 Å². The maximum atomic E-state index is 13.2. The van der Waals surface area contributed by atoms with Crippen LogP contribution in [0.25, 0.3) is 17.0 Å². The van der Waals surface area contributed by atoms with Gasteiger partial charge in [0.25, 0.3) is 0 Å². The molecule has 0 spiro atoms. The summed E-state index contributed by atoms with van der Waals surface area (Å²) in [7, 11) is -2.28. The molecule has 1 N–H and O–H groups in total. The van der Waals surface area contributed by atoms with Crippen LogP contribution in [-0.2, 0) is 14.8 Å². The number of hydrogen-bond donors (Lipinski definition) is 1. The van der Waals surface area contributed by atoms with Gasteiger partial charge in [-0.05, 0) is 65.9 Å². The summed E-state index contributed by atoms with van der Waals surface area (Å²) in [6.07, 6.45) is 4.16. The van der Waals surface area contributed by atoms with Crippen molar-refractivity contribution in [3.8, 4) is 5.88 Å². The van der Waals surface area contributed by atoms with Crippen molar-refractivity contribution >= 4 is 55.9 Å². The van der Waals surface area contributed by atoms with Crippen molar-refractivity contribution in [3.05, 3.63) is 105 Å². The lowest BCUT2D eigenvalue weighted by Gasteiger charge is -2.32. The molecule has 1 fully saturated rings. The Morgan fingerprint density at radius 2 is 1.54 bits per heavy atom. The van der Waals surface area contributed by atoms with Crippen LogP contribution in [0.4, 0.5) is 18.9 Å². The van der Waals surface area contributed by atoms with Gasteiger partial charge in [-0.15, -0.1) is 0 Å². The maximum absolute atomic E-state index is 13.2. The van der Waals surface area contributed by atoms with E-state index >= 15 is 0 Å². The molecule has 0 bridgehead atoms. The number of benzene rings is 3. The Kier molecular flexibility index (Phi) is 10.5. The van der Waals surface area contributed by atoms with E-state index in [0.29, 0.717) is 38.0 Å². The molecular formula is C33H32Cl2F3N3O4S. The lowest BCUT2D eigenvalue weighted by molar-refractivity contribution is -0.0494. The highest BCUT2D eigenvalue weighted by Gasteiger charge is 2.50. The van der Waals surface area contributed by atoms with Gasteiger partial charge in [-0.25, -0.2) is 13.4 Å². The molecule has 0 atom stereocenters. The fourth-order valence-corrected chi connectivity index (χ4v) is 6.87. The minimum Gasteiger partial charge on any atom is -0.481 e. The number of nitrogens with one attached hydrogen (secondary N) is 1. The first-order chi connectivity index (χ1) is 21.9. The number of sulfonamides is 1. The molecule has 0 amide bonds. The Labute approximate surface area is 276 Å². The summed E-state index contributed by atoms with van der Waals surface area (Å²) in [5, 5.41) is 5.43. The molecule has 1 aliphatic rings. The van der Waals surface area contributed by atoms with Crippen molar-refractivity contribution in [2.45, 2.75) is 30.3 Å². The summed E-state index contributed by atoms with van der Waals surface area (Å²) in [5.74, 6) is 0.118. The van der Waals surface area contributed by atoms with E-state index in [9.17, 15) is 21.6 Å². The van der Waals surface area contributed by atoms with Gasteiger partial charge < -0.3 is 14.8 Å². The molecule has 1 aromatic heterocycles. The summed E-state index contributed by atoms with van der Waals surface area (Å²) in [6, 6.07) is 20.8. The Bertz CT molecular complexity index is 1770. The number of ether oxygens (including phenoxy) is 2. The highest BCUT2D eigenvalue weighted by molar-refractivity contribution is 7.90. The van der Waals surface area contributed by atoms with E-state index in [0.717, 1.165) is 27.6 Å². The van der Waals surface area contributed by atoms with Gasteiger partial charge in [-0.2, -0.15) is 17.5 Å². The number of anilines is 1. The van der Waals surface area contributed by atoms with Crippen molar-refractivity contribution < 1.29 is 31.1 Å². The van der Waals surface area contributed by atoms with E-state index in [1.165, 1.54) is 7.11 Å². The van der Waals surface area contributed by atoms with E-state index in [1.807, 2.05) is 66.7 Å². The van der Waals surface area contributed by atoms with Gasteiger partial charge in [0.1, 0.15) is 0 Å². The zero-order valence-corrected chi connectivity index (χ0v) is 27.3. The first kappa shape index (κ1) is 34.0. The maximum Gasteiger partial charge on any atom is 0.511 e. The molecule has 0 aliphatic carbocycles. The second-order valence-electron chi connectivity index (χ2n) is 10.9. The minimum atomic E-state index is -5.39. The summed E-state index contributed by atoms with van der Waals surface area (Å²) < 4.78 is 74.7. The van der Waals surface area contributed by atoms with Crippen LogP contribution < -0.4 is 10.1 Å². The van der Waals surface area contributed by atoms with E-state index in [4.69, 9.17) is 37.7 Å². The van der Waals surface area contributed by atoms with Crippen LogP contribution in [-0.4, -0.2) is 63.2 Å². The topological polar surface area (TPSA) is 80.8 Å². The molecule has 0 radical (unpaired) electrons. The SMILES string of the molecule is COC/C=C/c1cc(C(c2ccc(Cl)cc2)c2ccc(Cl)cc2)cc2c(NC3CCN(S(=O)(=O)C(F)(F)F)CC3)cc(OC)nc12. The monoisotopic (exact) mass is 693 g/mol. The van der Waals surface area contributed by atoms with Crippen LogP contribution in [0, 0.1) is 0 Å². The van der Waals surface area contributed by atoms with Crippen LogP contribution >= 0.6 is 23.2 Å². The summed E-state index contributed by atoms with van der Waals surface area (Å²) >= 11 is 12.5. The van der Waals surface area contributed by atoms with Gasteiger partial charge in [0, 0.05) is 64.9 Å². The number of aromatic nitrogens is 1. The quantitative estimate of drug-likeness (QED) is 0.169. The van der Waals surface area contributed by atoms with E-state index in [2.05, 4.69) is 11.4 Å². The molecule has 3 aromatic carbocycles. The van der Waals surface area contributed by atoms with Crippen molar-refractivity contribution in [2.75, 3.05) is 39.2 Å². The number of alkyl halides is 3. The van der Waals surface area contributed by atoms with Gasteiger partial charge in [0.2, 0.25) is 5.88 Å². The first-order valence-corrected chi connectivity index (χ1v) is 16.6. The Balaban J connectivity index is 1.62. The van der Waals surface area contributed by atoms with Gasteiger partial charge in [-0.3, -0.25) is 0 Å². The van der Waals surface area contributed by atoms with Crippen molar-refractivity contribution in [1.82, 2.24) is 9.29 Å². The van der Waals surface area contributed by atoms with Crippen LogP contribution in [0.5, 0.6) is 5.88 Å². The van der Waals surface area contributed by atoms with Gasteiger partial charge >= 0.3 is 15.5 Å². The Hall–Kier alpha value is -3.35. The van der Waals surface area contributed by atoms with Crippen molar-refractivity contribution in [1.29, 1.82) is 0 Å². The largest absolute Gasteiger partial charge is 0.511 e. The molecule has 1 aliphatic heterocycles. The highest BCUT2D eigenvalue weighted by atomic mass is 35.5. The molecular weight excluding hydrogens is 662 g/mol. The normalized spacial score (nSPS) is 15.2. The molecule has 2 heterocycles. The molecule has 4 aromatic rings. The summed E-state index contributed by atoms with van der Waals surface area (Å²) in [4.78, 5) is 4.76. The number of nitrogens with zero attached hydrogens (tertiary/aromatic N) is 2. The number of fused-ring (bicyclic) bond motifs is 1. The van der Waals surface area contributed by atoms with Crippen LogP contribution in [0.3, 0.4) is 0 Å². The average molecular weight is 695 g/mol. The second-order valence-corrected chi connectivity index (χ2v) is 13.7. The van der Waals surface area contributed by atoms with Crippen LogP contribution in [0.15, 0.2) is 72.8 Å². The predicted molar refractivity (Wildman–Crippen MR) is 176 cm³/mol. The van der Waals surface area contributed by atoms with Gasteiger partial charge in [0.15, 0.2) is 0 Å². The molecule has 5 rings (SSSR count). The fourth-order valence-electron chi connectivity index (χ4n) is 5.64. The number of rotatable bonds is 10. The third kappa shape index (κ3) is 7.44. The van der Waals surface area contributed by atoms with E-state index in [1.54, 1.807) is 13.2 Å². The predicted octanol–water partition coefficient (Wildman–Crippen LogP) is 8.12. The number of piperidine rings is 1. The Morgan fingerprint density at radius 1 is 0.957 bits per heavy atom. The number of methoxy groups -OCH3 is 2. The zero-order valence-electron chi connectivity index (χ0n) is 25.0. The number of pyridine rings is 1. The molecule has 1 saturated heterocycles. The lowest BCUT2D eigenvalue weighted by Crippen LogP contribution is -2.47. The molecule has 244 valence electrons. The molecule has 0 unspecified atom stereocenters. The smallest absolute Gasteiger partial charge is 0.481 e. The van der Waals surface area contributed by atoms with E-state index in [-0.39, 0.29) is 37.9 Å². The second kappa shape index (κ2) is 14.2. The molecule has 13 heteroatoms. The van der Waals surface area contributed by atoms with Crippen LogP contribution in [0.2, 0.25) is 10.0 Å². The fraction of sp³-hybridized carbons (Fsp3) is 0.303. The highest BCUT2D eigenvalue weighted by Crippen LogP contribution is 2.39. The number of hydrogen-bond acceptors (Lipinski definition) is 6. The zero-order chi connectivity index (χ0) is 33.1. The van der Waals surface area contributed by atoms with Crippen molar-refractivity contribution in [2.24, 2.45) is 0 Å². The number of halogens is 5. The third-order valence-corrected chi connectivity index (χ3v) is 10.0. The van der Waals surface area contributed by atoms with Crippen molar-refractivity contribution in [3.63, 3.8) is 0 Å². The third-order valence-electron chi connectivity index (χ3n) is 7.90.